The monoisotopic (exact) mass is 501 g/mol. The molecule has 37 heavy (non-hydrogen) atoms. The van der Waals surface area contributed by atoms with E-state index < -0.39 is 6.04 Å². The van der Waals surface area contributed by atoms with Gasteiger partial charge in [0.25, 0.3) is 5.91 Å². The van der Waals surface area contributed by atoms with Gasteiger partial charge >= 0.3 is 0 Å². The summed E-state index contributed by atoms with van der Waals surface area (Å²) in [6.07, 6.45) is 2.61. The van der Waals surface area contributed by atoms with Gasteiger partial charge in [-0.1, -0.05) is 13.8 Å². The van der Waals surface area contributed by atoms with E-state index in [2.05, 4.69) is 21.4 Å². The molecule has 9 nitrogen and oxygen atoms in total. The average Bonchev–Trinajstić information content (AvgIpc) is 3.16. The molecule has 0 radical (unpaired) electrons. The number of piperidine rings is 1. The number of H-pyrrole nitrogens is 2. The lowest BCUT2D eigenvalue weighted by Crippen LogP contribution is -2.45. The Morgan fingerprint density at radius 2 is 2.05 bits per heavy atom. The number of rotatable bonds is 7. The molecule has 1 saturated carbocycles. The third kappa shape index (κ3) is 3.68. The zero-order chi connectivity index (χ0) is 26.1. The van der Waals surface area contributed by atoms with Crippen molar-refractivity contribution in [3.8, 4) is 5.75 Å². The summed E-state index contributed by atoms with van der Waals surface area (Å²) in [7, 11) is 0. The van der Waals surface area contributed by atoms with E-state index in [1.54, 1.807) is 11.0 Å². The summed E-state index contributed by atoms with van der Waals surface area (Å²) >= 11 is 0. The van der Waals surface area contributed by atoms with E-state index in [0.29, 0.717) is 42.8 Å². The molecule has 1 saturated heterocycles. The van der Waals surface area contributed by atoms with Crippen LogP contribution in [0.4, 0.5) is 0 Å². The van der Waals surface area contributed by atoms with E-state index in [1.165, 1.54) is 0 Å². The molecule has 1 spiro atoms. The van der Waals surface area contributed by atoms with Gasteiger partial charge in [-0.15, -0.1) is 0 Å². The number of ether oxygens (including phenoxy) is 1. The van der Waals surface area contributed by atoms with Crippen molar-refractivity contribution in [1.82, 2.24) is 20.2 Å². The molecule has 3 aliphatic rings. The zero-order valence-electron chi connectivity index (χ0n) is 21.2. The number of aryl methyl sites for hydroxylation is 1. The number of hydrogen-bond donors (Lipinski definition) is 4. The summed E-state index contributed by atoms with van der Waals surface area (Å²) in [6.45, 7) is 7.02. The SMILES string of the molecule is Cc1cc2c([nH]1)C(=O)C=C1N(C(=O)c3cc4cc(OCCNC(=O)[C@@H](N)C(C)C)ccc4[nH]3)C[C@H]3C[C@]123. The highest BCUT2D eigenvalue weighted by molar-refractivity contribution is 6.09. The maximum atomic E-state index is 13.6. The van der Waals surface area contributed by atoms with E-state index in [4.69, 9.17) is 10.5 Å². The molecule has 3 atom stereocenters. The van der Waals surface area contributed by atoms with Crippen LogP contribution < -0.4 is 15.8 Å². The Labute approximate surface area is 214 Å². The second-order valence-corrected chi connectivity index (χ2v) is 10.8. The Balaban J connectivity index is 1.15. The maximum absolute atomic E-state index is 13.6. The van der Waals surface area contributed by atoms with Crippen molar-refractivity contribution in [2.75, 3.05) is 19.7 Å². The van der Waals surface area contributed by atoms with Gasteiger partial charge < -0.3 is 30.7 Å². The van der Waals surface area contributed by atoms with Crippen molar-refractivity contribution < 1.29 is 19.1 Å². The van der Waals surface area contributed by atoms with Crippen LogP contribution in [0.2, 0.25) is 0 Å². The minimum absolute atomic E-state index is 0.0657. The molecule has 3 heterocycles. The number of nitrogens with zero attached hydrogens (tertiary/aromatic N) is 1. The summed E-state index contributed by atoms with van der Waals surface area (Å²) in [5.41, 5.74) is 10.4. The molecule has 5 N–H and O–H groups in total. The van der Waals surface area contributed by atoms with Crippen LogP contribution in [-0.2, 0) is 10.2 Å². The molecular weight excluding hydrogens is 470 g/mol. The van der Waals surface area contributed by atoms with Gasteiger partial charge in [0.15, 0.2) is 0 Å². The Hall–Kier alpha value is -3.85. The normalized spacial score (nSPS) is 22.4. The molecule has 1 aliphatic heterocycles. The number of amides is 2. The predicted octanol–water partition coefficient (Wildman–Crippen LogP) is 2.78. The number of nitrogens with two attached hydrogens (primary N) is 1. The molecule has 1 aromatic carbocycles. The number of fused-ring (bicyclic) bond motifs is 2. The fourth-order valence-electron chi connectivity index (χ4n) is 5.85. The molecule has 6 rings (SSSR count). The highest BCUT2D eigenvalue weighted by atomic mass is 16.5. The Morgan fingerprint density at radius 1 is 1.24 bits per heavy atom. The minimum Gasteiger partial charge on any atom is -0.492 e. The highest BCUT2D eigenvalue weighted by Gasteiger charge is 2.67. The number of carbonyl (C=O) groups is 3. The quantitative estimate of drug-likeness (QED) is 0.370. The van der Waals surface area contributed by atoms with Crippen LogP contribution in [0.15, 0.2) is 42.1 Å². The van der Waals surface area contributed by atoms with Crippen molar-refractivity contribution in [2.45, 2.75) is 38.6 Å². The van der Waals surface area contributed by atoms with Crippen LogP contribution in [-0.4, -0.2) is 58.2 Å². The lowest BCUT2D eigenvalue weighted by molar-refractivity contribution is -0.123. The first-order valence-corrected chi connectivity index (χ1v) is 12.8. The Morgan fingerprint density at radius 3 is 2.84 bits per heavy atom. The number of ketones is 1. The molecule has 0 unspecified atom stereocenters. The molecule has 2 amide bonds. The first-order valence-electron chi connectivity index (χ1n) is 12.8. The summed E-state index contributed by atoms with van der Waals surface area (Å²) in [6, 6.07) is 8.90. The van der Waals surface area contributed by atoms with Crippen LogP contribution >= 0.6 is 0 Å². The van der Waals surface area contributed by atoms with Crippen molar-refractivity contribution in [3.63, 3.8) is 0 Å². The molecular formula is C28H31N5O4. The fourth-order valence-corrected chi connectivity index (χ4v) is 5.85. The summed E-state index contributed by atoms with van der Waals surface area (Å²) in [5, 5.41) is 3.63. The number of benzene rings is 1. The maximum Gasteiger partial charge on any atom is 0.274 e. The van der Waals surface area contributed by atoms with Gasteiger partial charge in [0, 0.05) is 40.3 Å². The van der Waals surface area contributed by atoms with Gasteiger partial charge in [0.1, 0.15) is 18.1 Å². The van der Waals surface area contributed by atoms with Crippen LogP contribution in [0.25, 0.3) is 10.9 Å². The first-order chi connectivity index (χ1) is 17.7. The molecule has 9 heteroatoms. The molecule has 0 bridgehead atoms. The van der Waals surface area contributed by atoms with E-state index in [9.17, 15) is 14.4 Å². The molecule has 192 valence electrons. The van der Waals surface area contributed by atoms with Crippen molar-refractivity contribution in [3.05, 3.63) is 64.8 Å². The smallest absolute Gasteiger partial charge is 0.274 e. The van der Waals surface area contributed by atoms with Gasteiger partial charge in [0.05, 0.1) is 18.3 Å². The summed E-state index contributed by atoms with van der Waals surface area (Å²) in [4.78, 5) is 46.5. The third-order valence-corrected chi connectivity index (χ3v) is 7.96. The number of aromatic nitrogens is 2. The number of hydrogen-bond acceptors (Lipinski definition) is 5. The molecule has 2 fully saturated rings. The predicted molar refractivity (Wildman–Crippen MR) is 138 cm³/mol. The van der Waals surface area contributed by atoms with Crippen LogP contribution in [0.5, 0.6) is 5.75 Å². The number of allylic oxidation sites excluding steroid dienone is 2. The number of carbonyl (C=O) groups excluding carboxylic acids is 3. The zero-order valence-corrected chi connectivity index (χ0v) is 21.2. The highest BCUT2D eigenvalue weighted by Crippen LogP contribution is 2.66. The van der Waals surface area contributed by atoms with E-state index in [1.807, 2.05) is 45.0 Å². The minimum atomic E-state index is -0.541. The Kier molecular flexibility index (Phi) is 5.31. The second kappa shape index (κ2) is 8.34. The van der Waals surface area contributed by atoms with Gasteiger partial charge in [-0.2, -0.15) is 0 Å². The number of nitrogens with one attached hydrogen (secondary N) is 3. The largest absolute Gasteiger partial charge is 0.492 e. The topological polar surface area (TPSA) is 133 Å². The van der Waals surface area contributed by atoms with Crippen LogP contribution in [0, 0.1) is 18.8 Å². The van der Waals surface area contributed by atoms with Crippen molar-refractivity contribution in [2.24, 2.45) is 17.6 Å². The molecule has 2 aliphatic carbocycles. The van der Waals surface area contributed by atoms with E-state index in [0.717, 1.165) is 34.3 Å². The van der Waals surface area contributed by atoms with Crippen molar-refractivity contribution >= 4 is 28.5 Å². The number of aromatic amines is 2. The standard InChI is InChI=1S/C28H31N5O4/c1-14(2)24(29)26(35)30-6-7-37-18-4-5-20-16(9-18)10-21(32-20)27(36)33-13-17-12-28(17)19-8-15(3)31-25(19)22(34)11-23(28)33/h4-5,8-11,14,17,24,31-32H,6-7,12-13,29H2,1-3H3,(H,30,35)/t17-,24+,28-/m1/s1. The molecule has 3 aromatic rings. The summed E-state index contributed by atoms with van der Waals surface area (Å²) < 4.78 is 5.80. The lowest BCUT2D eigenvalue weighted by atomic mass is 9.85. The third-order valence-electron chi connectivity index (χ3n) is 7.96. The van der Waals surface area contributed by atoms with Gasteiger partial charge in [-0.3, -0.25) is 14.4 Å². The van der Waals surface area contributed by atoms with Crippen molar-refractivity contribution in [1.29, 1.82) is 0 Å². The van der Waals surface area contributed by atoms with E-state index in [-0.39, 0.29) is 28.9 Å². The van der Waals surface area contributed by atoms with Gasteiger partial charge in [-0.05, 0) is 61.1 Å². The van der Waals surface area contributed by atoms with E-state index >= 15 is 0 Å². The fraction of sp³-hybridized carbons (Fsp3) is 0.393. The first kappa shape index (κ1) is 23.5. The van der Waals surface area contributed by atoms with Crippen LogP contribution in [0.1, 0.15) is 52.5 Å². The van der Waals surface area contributed by atoms with Gasteiger partial charge in [0.2, 0.25) is 11.7 Å². The van der Waals surface area contributed by atoms with Crippen LogP contribution in [0.3, 0.4) is 0 Å². The Bertz CT molecular complexity index is 1480. The average molecular weight is 502 g/mol. The molecule has 2 aromatic heterocycles. The lowest BCUT2D eigenvalue weighted by Gasteiger charge is -2.27. The van der Waals surface area contributed by atoms with Gasteiger partial charge in [-0.25, -0.2) is 0 Å². The summed E-state index contributed by atoms with van der Waals surface area (Å²) in [5.74, 6) is 0.645. The number of likely N-dealkylation sites (tertiary alicyclic amines) is 1. The second-order valence-electron chi connectivity index (χ2n) is 10.8.